The number of hydrogen-bond acceptors (Lipinski definition) is 7. The minimum Gasteiger partial charge on any atom is -0.321 e. The van der Waals surface area contributed by atoms with Crippen LogP contribution in [0.2, 0.25) is 0 Å². The molecule has 12 heteroatoms. The van der Waals surface area contributed by atoms with Crippen LogP contribution >= 0.6 is 11.8 Å². The van der Waals surface area contributed by atoms with Crippen molar-refractivity contribution in [1.82, 2.24) is 5.32 Å². The largest absolute Gasteiger partial charge is 0.321 e. The van der Waals surface area contributed by atoms with Gasteiger partial charge < -0.3 is 10.6 Å². The first kappa shape index (κ1) is 29.9. The van der Waals surface area contributed by atoms with Crippen LogP contribution in [-0.2, 0) is 14.4 Å². The molecule has 5 rings (SSSR count). The number of halogens is 1. The molecule has 220 valence electrons. The number of carbonyl (C=O) groups excluding carboxylic acids is 4. The second-order valence-corrected chi connectivity index (χ2v) is 10.8. The van der Waals surface area contributed by atoms with Gasteiger partial charge in [0.2, 0.25) is 11.8 Å². The smallest absolute Gasteiger partial charge is 0.272 e. The van der Waals surface area contributed by atoms with Gasteiger partial charge in [-0.05, 0) is 84.4 Å². The van der Waals surface area contributed by atoms with Crippen molar-refractivity contribution in [2.24, 2.45) is 0 Å². The van der Waals surface area contributed by atoms with E-state index in [1.807, 2.05) is 0 Å². The number of nitrogens with zero attached hydrogens (tertiary/aromatic N) is 2. The van der Waals surface area contributed by atoms with E-state index in [4.69, 9.17) is 0 Å². The Hall–Kier alpha value is -5.62. The van der Waals surface area contributed by atoms with Crippen molar-refractivity contribution >= 4 is 58.5 Å². The maximum Gasteiger partial charge on any atom is 0.272 e. The van der Waals surface area contributed by atoms with Crippen molar-refractivity contribution in [3.63, 3.8) is 0 Å². The van der Waals surface area contributed by atoms with Gasteiger partial charge in [-0.1, -0.05) is 18.2 Å². The van der Waals surface area contributed by atoms with Gasteiger partial charge >= 0.3 is 0 Å². The van der Waals surface area contributed by atoms with Crippen molar-refractivity contribution in [2.45, 2.75) is 16.6 Å². The number of anilines is 2. The van der Waals surface area contributed by atoms with Crippen LogP contribution in [-0.4, -0.2) is 33.8 Å². The summed E-state index contributed by atoms with van der Waals surface area (Å²) >= 11 is 1.19. The highest BCUT2D eigenvalue weighted by Gasteiger charge is 2.40. The summed E-state index contributed by atoms with van der Waals surface area (Å²) in [6.07, 6.45) is 1.39. The highest BCUT2D eigenvalue weighted by molar-refractivity contribution is 8.00. The molecule has 0 saturated carbocycles. The summed E-state index contributed by atoms with van der Waals surface area (Å²) in [5.41, 5.74) is 1.26. The van der Waals surface area contributed by atoms with Gasteiger partial charge in [-0.15, -0.1) is 11.8 Å². The molecular weight excluding hydrogens is 587 g/mol. The number of rotatable bonds is 9. The first-order chi connectivity index (χ1) is 21.2. The number of carbonyl (C=O) groups is 4. The Morgan fingerprint density at radius 2 is 1.57 bits per heavy atom. The van der Waals surface area contributed by atoms with Gasteiger partial charge in [0.05, 0.1) is 15.9 Å². The quantitative estimate of drug-likeness (QED) is 0.109. The zero-order valence-corrected chi connectivity index (χ0v) is 23.6. The lowest BCUT2D eigenvalue weighted by atomic mass is 10.1. The monoisotopic (exact) mass is 610 g/mol. The summed E-state index contributed by atoms with van der Waals surface area (Å²) in [5.74, 6) is -2.42. The molecule has 0 aliphatic carbocycles. The van der Waals surface area contributed by atoms with Crippen molar-refractivity contribution in [3.05, 3.63) is 136 Å². The highest BCUT2D eigenvalue weighted by Crippen LogP contribution is 2.34. The van der Waals surface area contributed by atoms with E-state index in [2.05, 4.69) is 10.6 Å². The van der Waals surface area contributed by atoms with Crippen molar-refractivity contribution in [3.8, 4) is 0 Å². The lowest BCUT2D eigenvalue weighted by Gasteiger charge is -2.15. The summed E-state index contributed by atoms with van der Waals surface area (Å²) < 4.78 is 13.3. The van der Waals surface area contributed by atoms with E-state index in [0.717, 1.165) is 4.90 Å². The number of nitrogens with one attached hydrogen (secondary N) is 2. The molecule has 0 bridgehead atoms. The van der Waals surface area contributed by atoms with E-state index < -0.39 is 33.7 Å². The Labute approximate surface area is 254 Å². The van der Waals surface area contributed by atoms with Crippen molar-refractivity contribution in [2.75, 3.05) is 10.2 Å². The van der Waals surface area contributed by atoms with Gasteiger partial charge in [-0.3, -0.25) is 29.3 Å². The number of nitro benzene ring substituents is 1. The van der Waals surface area contributed by atoms with Crippen LogP contribution in [0, 0.1) is 15.9 Å². The van der Waals surface area contributed by atoms with E-state index in [1.165, 1.54) is 66.4 Å². The minimum absolute atomic E-state index is 0.0166. The third-order valence-corrected chi connectivity index (χ3v) is 7.72. The zero-order chi connectivity index (χ0) is 31.2. The minimum atomic E-state index is -0.669. The summed E-state index contributed by atoms with van der Waals surface area (Å²) in [4.78, 5) is 63.8. The molecule has 0 aromatic heterocycles. The van der Waals surface area contributed by atoms with Crippen molar-refractivity contribution in [1.29, 1.82) is 0 Å². The Kier molecular flexibility index (Phi) is 8.91. The molecule has 0 spiro atoms. The lowest BCUT2D eigenvalue weighted by molar-refractivity contribution is -0.384. The number of thioether (sulfide) groups is 1. The molecular formula is C32H23FN4O6S. The molecule has 44 heavy (non-hydrogen) atoms. The van der Waals surface area contributed by atoms with Crippen LogP contribution in [0.1, 0.15) is 22.3 Å². The number of benzene rings is 4. The van der Waals surface area contributed by atoms with Crippen LogP contribution in [0.3, 0.4) is 0 Å². The molecule has 2 N–H and O–H groups in total. The first-order valence-corrected chi connectivity index (χ1v) is 14.1. The Bertz CT molecular complexity index is 1760. The fourth-order valence-electron chi connectivity index (χ4n) is 4.34. The van der Waals surface area contributed by atoms with Gasteiger partial charge in [0.25, 0.3) is 17.5 Å². The molecule has 1 unspecified atom stereocenters. The van der Waals surface area contributed by atoms with Crippen molar-refractivity contribution < 1.29 is 28.5 Å². The number of non-ortho nitro benzene ring substituents is 1. The third kappa shape index (κ3) is 7.05. The number of imide groups is 1. The van der Waals surface area contributed by atoms with Crippen LogP contribution < -0.4 is 15.5 Å². The standard InChI is InChI=1S/C32H23FN4O6S/c33-22-8-14-24(15-9-22)36-29(38)19-28(32(36)41)44-26-16-10-23(11-17-26)34-31(40)27(35-30(39)21-4-2-1-3-5-21)18-20-6-12-25(13-7-20)37(42)43/h1-18,28H,19H2,(H,34,40)(H,35,39)/b27-18-. The van der Waals surface area contributed by atoms with Crippen LogP contribution in [0.25, 0.3) is 6.08 Å². The number of hydrogen-bond donors (Lipinski definition) is 2. The van der Waals surface area contributed by atoms with Gasteiger partial charge in [0.1, 0.15) is 11.5 Å². The molecule has 1 aliphatic rings. The summed E-state index contributed by atoms with van der Waals surface area (Å²) in [6.45, 7) is 0. The fourth-order valence-corrected chi connectivity index (χ4v) is 5.39. The predicted octanol–water partition coefficient (Wildman–Crippen LogP) is 5.57. The Morgan fingerprint density at radius 1 is 0.909 bits per heavy atom. The average molecular weight is 611 g/mol. The highest BCUT2D eigenvalue weighted by atomic mass is 32.2. The second-order valence-electron chi connectivity index (χ2n) is 9.56. The topological polar surface area (TPSA) is 139 Å². The maximum atomic E-state index is 13.3. The molecule has 1 atom stereocenters. The van der Waals surface area contributed by atoms with E-state index in [-0.39, 0.29) is 23.7 Å². The second kappa shape index (κ2) is 13.1. The molecule has 4 aromatic rings. The Balaban J connectivity index is 1.29. The average Bonchev–Trinajstić information content (AvgIpc) is 3.30. The maximum absolute atomic E-state index is 13.3. The first-order valence-electron chi connectivity index (χ1n) is 13.2. The predicted molar refractivity (Wildman–Crippen MR) is 163 cm³/mol. The molecule has 10 nitrogen and oxygen atoms in total. The van der Waals surface area contributed by atoms with E-state index in [9.17, 15) is 33.7 Å². The molecule has 4 amide bonds. The normalized spacial score (nSPS) is 14.8. The third-order valence-electron chi connectivity index (χ3n) is 6.52. The molecule has 1 fully saturated rings. The summed E-state index contributed by atoms with van der Waals surface area (Å²) in [6, 6.07) is 25.5. The fraction of sp³-hybridized carbons (Fsp3) is 0.0625. The van der Waals surface area contributed by atoms with Crippen LogP contribution in [0.15, 0.2) is 114 Å². The Morgan fingerprint density at radius 3 is 2.20 bits per heavy atom. The summed E-state index contributed by atoms with van der Waals surface area (Å²) in [5, 5.41) is 15.7. The van der Waals surface area contributed by atoms with E-state index in [1.54, 1.807) is 54.6 Å². The lowest BCUT2D eigenvalue weighted by Crippen LogP contribution is -2.31. The number of nitro groups is 1. The van der Waals surface area contributed by atoms with E-state index in [0.29, 0.717) is 27.4 Å². The van der Waals surface area contributed by atoms with Crippen LogP contribution in [0.5, 0.6) is 0 Å². The summed E-state index contributed by atoms with van der Waals surface area (Å²) in [7, 11) is 0. The van der Waals surface area contributed by atoms with Gasteiger partial charge in [0, 0.05) is 34.7 Å². The molecule has 0 radical (unpaired) electrons. The molecule has 4 aromatic carbocycles. The van der Waals surface area contributed by atoms with Gasteiger partial charge in [0.15, 0.2) is 0 Å². The van der Waals surface area contributed by atoms with Gasteiger partial charge in [-0.25, -0.2) is 9.29 Å². The van der Waals surface area contributed by atoms with Crippen LogP contribution in [0.4, 0.5) is 21.5 Å². The molecule has 1 heterocycles. The molecule has 1 saturated heterocycles. The van der Waals surface area contributed by atoms with E-state index >= 15 is 0 Å². The molecule has 1 aliphatic heterocycles. The van der Waals surface area contributed by atoms with Gasteiger partial charge in [-0.2, -0.15) is 0 Å². The zero-order valence-electron chi connectivity index (χ0n) is 22.8. The number of amides is 4. The SMILES string of the molecule is O=C(Nc1ccc(SC2CC(=O)N(c3ccc(F)cc3)C2=O)cc1)/C(=C/c1ccc([N+](=O)[O-])cc1)NC(=O)c1ccccc1.